The number of benzene rings is 1. The first-order chi connectivity index (χ1) is 9.51. The van der Waals surface area contributed by atoms with Crippen molar-refractivity contribution in [2.75, 3.05) is 5.32 Å². The summed E-state index contributed by atoms with van der Waals surface area (Å²) in [6.07, 6.45) is -0.924. The second-order valence-corrected chi connectivity index (χ2v) is 5.15. The van der Waals surface area contributed by atoms with E-state index in [4.69, 9.17) is 14.9 Å². The van der Waals surface area contributed by atoms with Crippen LogP contribution in [0.5, 0.6) is 5.75 Å². The summed E-state index contributed by atoms with van der Waals surface area (Å²) < 4.78 is 4.95. The zero-order valence-electron chi connectivity index (χ0n) is 11.6. The first-order valence-electron chi connectivity index (χ1n) is 5.85. The average Bonchev–Trinajstić information content (AvgIpc) is 2.24. The van der Waals surface area contributed by atoms with Crippen LogP contribution in [0.25, 0.3) is 0 Å². The van der Waals surface area contributed by atoms with Gasteiger partial charge in [-0.3, -0.25) is 5.32 Å². The summed E-state index contributed by atoms with van der Waals surface area (Å²) >= 11 is 0. The minimum absolute atomic E-state index is 0.265. The predicted octanol–water partition coefficient (Wildman–Crippen LogP) is 2.14. The largest absolute Gasteiger partial charge is 0.507 e. The van der Waals surface area contributed by atoms with Crippen LogP contribution >= 0.6 is 0 Å². The number of hydrogen-bond donors (Lipinski definition) is 4. The lowest BCUT2D eigenvalue weighted by Crippen LogP contribution is -2.27. The van der Waals surface area contributed by atoms with Crippen LogP contribution in [0.3, 0.4) is 0 Å². The second-order valence-electron chi connectivity index (χ2n) is 5.15. The van der Waals surface area contributed by atoms with E-state index in [1.165, 1.54) is 0 Å². The number of carbonyl (C=O) groups excluding carboxylic acids is 1. The summed E-state index contributed by atoms with van der Waals surface area (Å²) in [7, 11) is 0. The SMILES string of the molecule is CC(C)(C)OC(=O)Nc1cc(O)c(C(=O)O)cc1C(=O)O. The quantitative estimate of drug-likeness (QED) is 0.671. The minimum atomic E-state index is -1.49. The highest BCUT2D eigenvalue weighted by Gasteiger charge is 2.22. The molecule has 0 aromatic heterocycles. The van der Waals surface area contributed by atoms with Gasteiger partial charge in [0.05, 0.1) is 11.3 Å². The van der Waals surface area contributed by atoms with Crippen molar-refractivity contribution in [2.45, 2.75) is 26.4 Å². The number of ether oxygens (including phenoxy) is 1. The van der Waals surface area contributed by atoms with Crippen molar-refractivity contribution in [1.29, 1.82) is 0 Å². The molecule has 0 atom stereocenters. The number of rotatable bonds is 3. The molecule has 0 spiro atoms. The van der Waals surface area contributed by atoms with Crippen molar-refractivity contribution in [3.8, 4) is 5.75 Å². The lowest BCUT2D eigenvalue weighted by molar-refractivity contribution is 0.0634. The summed E-state index contributed by atoms with van der Waals surface area (Å²) in [4.78, 5) is 33.6. The Morgan fingerprint density at radius 2 is 1.57 bits per heavy atom. The van der Waals surface area contributed by atoms with Crippen molar-refractivity contribution in [3.05, 3.63) is 23.3 Å². The molecule has 0 fully saturated rings. The molecule has 0 radical (unpaired) electrons. The first kappa shape index (κ1) is 16.3. The highest BCUT2D eigenvalue weighted by Crippen LogP contribution is 2.27. The highest BCUT2D eigenvalue weighted by atomic mass is 16.6. The van der Waals surface area contributed by atoms with Crippen LogP contribution in [-0.2, 0) is 4.74 Å². The smallest absolute Gasteiger partial charge is 0.412 e. The minimum Gasteiger partial charge on any atom is -0.507 e. The van der Waals surface area contributed by atoms with Crippen molar-refractivity contribution < 1.29 is 34.4 Å². The Bertz CT molecular complexity index is 601. The number of anilines is 1. The molecule has 0 aliphatic heterocycles. The highest BCUT2D eigenvalue weighted by molar-refractivity contribution is 6.02. The van der Waals surface area contributed by atoms with Gasteiger partial charge in [0, 0.05) is 6.07 Å². The molecule has 0 bridgehead atoms. The Balaban J connectivity index is 3.18. The van der Waals surface area contributed by atoms with Crippen LogP contribution < -0.4 is 5.32 Å². The summed E-state index contributed by atoms with van der Waals surface area (Å²) in [5.41, 5.74) is -2.12. The lowest BCUT2D eigenvalue weighted by atomic mass is 10.1. The monoisotopic (exact) mass is 297 g/mol. The third-order valence-electron chi connectivity index (χ3n) is 2.23. The Morgan fingerprint density at radius 3 is 2.00 bits per heavy atom. The van der Waals surface area contributed by atoms with Gasteiger partial charge < -0.3 is 20.1 Å². The van der Waals surface area contributed by atoms with Gasteiger partial charge in [-0.05, 0) is 26.8 Å². The number of carboxylic acids is 2. The molecule has 1 aromatic carbocycles. The molecule has 0 saturated heterocycles. The molecule has 0 heterocycles. The van der Waals surface area contributed by atoms with E-state index in [1.807, 2.05) is 0 Å². The van der Waals surface area contributed by atoms with Crippen LogP contribution in [0.4, 0.5) is 10.5 Å². The zero-order chi connectivity index (χ0) is 16.4. The number of carbonyl (C=O) groups is 3. The molecule has 1 aromatic rings. The molecule has 1 amide bonds. The molecule has 0 unspecified atom stereocenters. The van der Waals surface area contributed by atoms with Crippen LogP contribution in [0, 0.1) is 0 Å². The molecule has 0 aliphatic rings. The maximum absolute atomic E-state index is 11.6. The molecular weight excluding hydrogens is 282 g/mol. The molecule has 1 rings (SSSR count). The van der Waals surface area contributed by atoms with E-state index >= 15 is 0 Å². The summed E-state index contributed by atoms with van der Waals surface area (Å²) in [5.74, 6) is -3.61. The van der Waals surface area contributed by atoms with Crippen molar-refractivity contribution in [2.24, 2.45) is 0 Å². The van der Waals surface area contributed by atoms with Crippen molar-refractivity contribution in [1.82, 2.24) is 0 Å². The lowest BCUT2D eigenvalue weighted by Gasteiger charge is -2.20. The third kappa shape index (κ3) is 4.37. The van der Waals surface area contributed by atoms with E-state index in [-0.39, 0.29) is 5.69 Å². The Labute approximate surface area is 120 Å². The number of aromatic hydroxyl groups is 1. The maximum Gasteiger partial charge on any atom is 0.412 e. The van der Waals surface area contributed by atoms with Gasteiger partial charge in [0.15, 0.2) is 0 Å². The van der Waals surface area contributed by atoms with Gasteiger partial charge in [0.1, 0.15) is 16.9 Å². The molecule has 0 aliphatic carbocycles. The molecule has 21 heavy (non-hydrogen) atoms. The molecule has 114 valence electrons. The standard InChI is InChI=1S/C13H15NO7/c1-13(2,3)21-12(20)14-8-5-9(15)7(11(18)19)4-6(8)10(16)17/h4-5,15H,1-3H3,(H,14,20)(H,16,17)(H,18,19). The number of hydrogen-bond acceptors (Lipinski definition) is 5. The van der Waals surface area contributed by atoms with Crippen LogP contribution in [0.1, 0.15) is 41.5 Å². The molecule has 4 N–H and O–H groups in total. The van der Waals surface area contributed by atoms with Gasteiger partial charge in [0.2, 0.25) is 0 Å². The van der Waals surface area contributed by atoms with E-state index in [1.54, 1.807) is 20.8 Å². The topological polar surface area (TPSA) is 133 Å². The van der Waals surface area contributed by atoms with Gasteiger partial charge >= 0.3 is 18.0 Å². The van der Waals surface area contributed by atoms with Crippen LogP contribution in [0.2, 0.25) is 0 Å². The number of phenols is 1. The van der Waals surface area contributed by atoms with Gasteiger partial charge in [-0.15, -0.1) is 0 Å². The Hall–Kier alpha value is -2.77. The van der Waals surface area contributed by atoms with E-state index < -0.39 is 40.5 Å². The van der Waals surface area contributed by atoms with E-state index in [0.29, 0.717) is 0 Å². The van der Waals surface area contributed by atoms with Gasteiger partial charge in [-0.1, -0.05) is 0 Å². The first-order valence-corrected chi connectivity index (χ1v) is 5.85. The Morgan fingerprint density at radius 1 is 1.05 bits per heavy atom. The molecule has 8 heteroatoms. The van der Waals surface area contributed by atoms with E-state index in [2.05, 4.69) is 5.32 Å². The maximum atomic E-state index is 11.6. The fraction of sp³-hybridized carbons (Fsp3) is 0.308. The van der Waals surface area contributed by atoms with Gasteiger partial charge in [-0.25, -0.2) is 14.4 Å². The second kappa shape index (κ2) is 5.70. The third-order valence-corrected chi connectivity index (χ3v) is 2.23. The fourth-order valence-corrected chi connectivity index (χ4v) is 1.45. The van der Waals surface area contributed by atoms with E-state index in [0.717, 1.165) is 12.1 Å². The summed E-state index contributed by atoms with van der Waals surface area (Å²) in [5, 5.41) is 29.6. The fourth-order valence-electron chi connectivity index (χ4n) is 1.45. The summed E-state index contributed by atoms with van der Waals surface area (Å²) in [6, 6.07) is 1.60. The van der Waals surface area contributed by atoms with Crippen LogP contribution in [0.15, 0.2) is 12.1 Å². The number of aromatic carboxylic acids is 2. The predicted molar refractivity (Wildman–Crippen MR) is 71.9 cm³/mol. The number of amides is 1. The van der Waals surface area contributed by atoms with Crippen molar-refractivity contribution in [3.63, 3.8) is 0 Å². The molecular formula is C13H15NO7. The normalized spacial score (nSPS) is 10.8. The number of carboxylic acid groups (broad SMARTS) is 2. The number of nitrogens with one attached hydrogen (secondary N) is 1. The van der Waals surface area contributed by atoms with E-state index in [9.17, 15) is 19.5 Å². The van der Waals surface area contributed by atoms with Gasteiger partial charge in [0.25, 0.3) is 0 Å². The Kier molecular flexibility index (Phi) is 4.42. The summed E-state index contributed by atoms with van der Waals surface area (Å²) in [6.45, 7) is 4.86. The molecule has 0 saturated carbocycles. The molecule has 8 nitrogen and oxygen atoms in total. The van der Waals surface area contributed by atoms with Crippen LogP contribution in [-0.4, -0.2) is 39.0 Å². The van der Waals surface area contributed by atoms with Crippen molar-refractivity contribution >= 4 is 23.7 Å². The average molecular weight is 297 g/mol. The van der Waals surface area contributed by atoms with Gasteiger partial charge in [-0.2, -0.15) is 0 Å². The zero-order valence-corrected chi connectivity index (χ0v) is 11.6.